The first-order chi connectivity index (χ1) is 7.70. The zero-order chi connectivity index (χ0) is 11.5. The number of rotatable bonds is 4. The van der Waals surface area contributed by atoms with Crippen molar-refractivity contribution in [3.8, 4) is 0 Å². The fraction of sp³-hybridized carbons (Fsp3) is 0.462. The Bertz CT molecular complexity index is 459. The largest absolute Gasteiger partial charge is 0.382 e. The van der Waals surface area contributed by atoms with E-state index >= 15 is 0 Å². The van der Waals surface area contributed by atoms with Gasteiger partial charge in [-0.3, -0.25) is 5.10 Å². The van der Waals surface area contributed by atoms with Crippen LogP contribution in [0.25, 0.3) is 10.9 Å². The van der Waals surface area contributed by atoms with Crippen LogP contribution >= 0.6 is 0 Å². The summed E-state index contributed by atoms with van der Waals surface area (Å²) in [6.07, 6.45) is 3.00. The summed E-state index contributed by atoms with van der Waals surface area (Å²) in [6.45, 7) is 6.71. The Hall–Kier alpha value is -1.51. The van der Waals surface area contributed by atoms with Gasteiger partial charge in [-0.05, 0) is 30.5 Å². The van der Waals surface area contributed by atoms with Crippen molar-refractivity contribution in [2.24, 2.45) is 5.92 Å². The number of hydrogen-bond donors (Lipinski definition) is 2. The second-order valence-electron chi connectivity index (χ2n) is 4.58. The van der Waals surface area contributed by atoms with Gasteiger partial charge in [0.25, 0.3) is 0 Å². The van der Waals surface area contributed by atoms with E-state index in [-0.39, 0.29) is 0 Å². The number of nitrogens with zero attached hydrogens (tertiary/aromatic N) is 1. The highest BCUT2D eigenvalue weighted by Gasteiger charge is 2.10. The van der Waals surface area contributed by atoms with Crippen molar-refractivity contribution in [1.29, 1.82) is 0 Å². The number of aromatic amines is 1. The molecule has 2 aromatic rings. The molecule has 0 saturated carbocycles. The molecular weight excluding hydrogens is 198 g/mol. The normalized spacial score (nSPS) is 13.2. The van der Waals surface area contributed by atoms with Crippen LogP contribution in [0.15, 0.2) is 24.4 Å². The fourth-order valence-corrected chi connectivity index (χ4v) is 1.99. The lowest BCUT2D eigenvalue weighted by atomic mass is 10.0. The Morgan fingerprint density at radius 1 is 1.38 bits per heavy atom. The van der Waals surface area contributed by atoms with Gasteiger partial charge in [0.1, 0.15) is 0 Å². The molecule has 0 fully saturated rings. The Kier molecular flexibility index (Phi) is 3.13. The minimum absolute atomic E-state index is 0.532. The minimum atomic E-state index is 0.532. The van der Waals surface area contributed by atoms with Crippen LogP contribution in [0.2, 0.25) is 0 Å². The molecule has 0 radical (unpaired) electrons. The lowest BCUT2D eigenvalue weighted by Crippen LogP contribution is -2.24. The van der Waals surface area contributed by atoms with E-state index in [4.69, 9.17) is 0 Å². The third-order valence-corrected chi connectivity index (χ3v) is 3.04. The average Bonchev–Trinajstić information content (AvgIpc) is 2.72. The molecule has 2 N–H and O–H groups in total. The van der Waals surface area contributed by atoms with Crippen LogP contribution in [0.1, 0.15) is 27.2 Å². The lowest BCUT2D eigenvalue weighted by Gasteiger charge is -2.21. The number of benzene rings is 1. The summed E-state index contributed by atoms with van der Waals surface area (Å²) in [4.78, 5) is 0. The standard InChI is InChI=1S/C13H19N3/c1-4-12(9(2)3)15-11-5-6-13-10(7-11)8-14-16-13/h5-9,12,15H,4H2,1-3H3,(H,14,16). The van der Waals surface area contributed by atoms with Gasteiger partial charge in [0.05, 0.1) is 11.7 Å². The third kappa shape index (κ3) is 2.18. The molecule has 16 heavy (non-hydrogen) atoms. The highest BCUT2D eigenvalue weighted by molar-refractivity contribution is 5.81. The zero-order valence-electron chi connectivity index (χ0n) is 10.1. The minimum Gasteiger partial charge on any atom is -0.382 e. The summed E-state index contributed by atoms with van der Waals surface area (Å²) in [5.41, 5.74) is 2.26. The maximum Gasteiger partial charge on any atom is 0.0651 e. The SMILES string of the molecule is CCC(Nc1ccc2[nH]ncc2c1)C(C)C. The first kappa shape index (κ1) is 11.0. The van der Waals surface area contributed by atoms with E-state index < -0.39 is 0 Å². The van der Waals surface area contributed by atoms with Crippen molar-refractivity contribution in [3.05, 3.63) is 24.4 Å². The average molecular weight is 217 g/mol. The highest BCUT2D eigenvalue weighted by Crippen LogP contribution is 2.19. The summed E-state index contributed by atoms with van der Waals surface area (Å²) in [5.74, 6) is 0.644. The van der Waals surface area contributed by atoms with Gasteiger partial charge in [-0.15, -0.1) is 0 Å². The van der Waals surface area contributed by atoms with Crippen molar-refractivity contribution in [3.63, 3.8) is 0 Å². The molecule has 3 heteroatoms. The first-order valence-corrected chi connectivity index (χ1v) is 5.90. The van der Waals surface area contributed by atoms with E-state index in [1.165, 1.54) is 5.69 Å². The number of H-pyrrole nitrogens is 1. The summed E-state index contributed by atoms with van der Waals surface area (Å²) in [7, 11) is 0. The van der Waals surface area contributed by atoms with E-state index in [9.17, 15) is 0 Å². The maximum absolute atomic E-state index is 4.02. The molecule has 3 nitrogen and oxygen atoms in total. The van der Waals surface area contributed by atoms with Gasteiger partial charge in [-0.1, -0.05) is 20.8 Å². The van der Waals surface area contributed by atoms with Gasteiger partial charge in [-0.25, -0.2) is 0 Å². The van der Waals surface area contributed by atoms with E-state index in [0.29, 0.717) is 12.0 Å². The van der Waals surface area contributed by atoms with Gasteiger partial charge >= 0.3 is 0 Å². The van der Waals surface area contributed by atoms with Crippen molar-refractivity contribution < 1.29 is 0 Å². The third-order valence-electron chi connectivity index (χ3n) is 3.04. The molecule has 1 heterocycles. The molecule has 1 unspecified atom stereocenters. The predicted octanol–water partition coefficient (Wildman–Crippen LogP) is 3.41. The summed E-state index contributed by atoms with van der Waals surface area (Å²) >= 11 is 0. The molecule has 0 saturated heterocycles. The number of nitrogens with one attached hydrogen (secondary N) is 2. The van der Waals surface area contributed by atoms with Crippen molar-refractivity contribution in [2.45, 2.75) is 33.2 Å². The van der Waals surface area contributed by atoms with Crippen LogP contribution in [0.3, 0.4) is 0 Å². The number of anilines is 1. The van der Waals surface area contributed by atoms with Gasteiger partial charge in [0, 0.05) is 17.1 Å². The predicted molar refractivity (Wildman–Crippen MR) is 68.6 cm³/mol. The molecule has 1 aromatic carbocycles. The maximum atomic E-state index is 4.02. The lowest BCUT2D eigenvalue weighted by molar-refractivity contribution is 0.511. The summed E-state index contributed by atoms with van der Waals surface area (Å²) in [5, 5.41) is 11.7. The fourth-order valence-electron chi connectivity index (χ4n) is 1.99. The first-order valence-electron chi connectivity index (χ1n) is 5.90. The Morgan fingerprint density at radius 3 is 2.88 bits per heavy atom. The van der Waals surface area contributed by atoms with Gasteiger partial charge in [-0.2, -0.15) is 5.10 Å². The monoisotopic (exact) mass is 217 g/mol. The topological polar surface area (TPSA) is 40.7 Å². The zero-order valence-corrected chi connectivity index (χ0v) is 10.1. The smallest absolute Gasteiger partial charge is 0.0651 e. The molecular formula is C13H19N3. The molecule has 2 rings (SSSR count). The van der Waals surface area contributed by atoms with Gasteiger partial charge < -0.3 is 5.32 Å². The van der Waals surface area contributed by atoms with Crippen molar-refractivity contribution in [2.75, 3.05) is 5.32 Å². The second kappa shape index (κ2) is 4.56. The van der Waals surface area contributed by atoms with Crippen LogP contribution in [0.5, 0.6) is 0 Å². The molecule has 0 bridgehead atoms. The van der Waals surface area contributed by atoms with Crippen LogP contribution in [-0.4, -0.2) is 16.2 Å². The van der Waals surface area contributed by atoms with Crippen molar-refractivity contribution >= 4 is 16.6 Å². The van der Waals surface area contributed by atoms with Crippen LogP contribution in [0, 0.1) is 5.92 Å². The number of aromatic nitrogens is 2. The van der Waals surface area contributed by atoms with E-state index in [1.54, 1.807) is 0 Å². The Balaban J connectivity index is 2.19. The highest BCUT2D eigenvalue weighted by atomic mass is 15.1. The molecule has 0 spiro atoms. The molecule has 0 aliphatic heterocycles. The summed E-state index contributed by atoms with van der Waals surface area (Å²) < 4.78 is 0. The molecule has 0 aliphatic rings. The van der Waals surface area contributed by atoms with Crippen molar-refractivity contribution in [1.82, 2.24) is 10.2 Å². The van der Waals surface area contributed by atoms with Gasteiger partial charge in [0.2, 0.25) is 0 Å². The second-order valence-corrected chi connectivity index (χ2v) is 4.58. The molecule has 1 aromatic heterocycles. The molecule has 86 valence electrons. The molecule has 0 amide bonds. The van der Waals surface area contributed by atoms with Gasteiger partial charge in [0.15, 0.2) is 0 Å². The van der Waals surface area contributed by atoms with E-state index in [0.717, 1.165) is 17.3 Å². The molecule has 1 atom stereocenters. The molecule has 0 aliphatic carbocycles. The van der Waals surface area contributed by atoms with Crippen LogP contribution in [-0.2, 0) is 0 Å². The number of hydrogen-bond acceptors (Lipinski definition) is 2. The van der Waals surface area contributed by atoms with Crippen LogP contribution < -0.4 is 5.32 Å². The quantitative estimate of drug-likeness (QED) is 0.824. The van der Waals surface area contributed by atoms with E-state index in [1.807, 2.05) is 6.20 Å². The van der Waals surface area contributed by atoms with E-state index in [2.05, 4.69) is 54.5 Å². The summed E-state index contributed by atoms with van der Waals surface area (Å²) in [6, 6.07) is 6.84. The number of fused-ring (bicyclic) bond motifs is 1. The Morgan fingerprint density at radius 2 is 2.19 bits per heavy atom. The Labute approximate surface area is 96.2 Å². The van der Waals surface area contributed by atoms with Crippen LogP contribution in [0.4, 0.5) is 5.69 Å².